The summed E-state index contributed by atoms with van der Waals surface area (Å²) in [5, 5.41) is 11.4. The van der Waals surface area contributed by atoms with Gasteiger partial charge in [-0.15, -0.1) is 0 Å². The second kappa shape index (κ2) is 7.54. The molecule has 0 aliphatic carbocycles. The van der Waals surface area contributed by atoms with E-state index in [1.54, 1.807) is 47.6 Å². The van der Waals surface area contributed by atoms with Gasteiger partial charge in [0.1, 0.15) is 16.9 Å². The van der Waals surface area contributed by atoms with Gasteiger partial charge in [0.05, 0.1) is 4.92 Å². The lowest BCUT2D eigenvalue weighted by Gasteiger charge is -2.28. The first kappa shape index (κ1) is 21.1. The number of rotatable bonds is 2. The molecule has 1 aromatic carbocycles. The SMILES string of the molecule is CC(C)(C)OC(=O)N(C(=O)OC(C)(C)C)c1ccc(I)cc1[N+](=O)[O-]. The normalized spacial score (nSPS) is 11.6. The van der Waals surface area contributed by atoms with Gasteiger partial charge in [0.2, 0.25) is 0 Å². The minimum absolute atomic E-state index is 0.214. The summed E-state index contributed by atoms with van der Waals surface area (Å²) in [5.41, 5.74) is -2.40. The van der Waals surface area contributed by atoms with Crippen LogP contribution < -0.4 is 4.90 Å². The number of nitro groups is 1. The zero-order valence-electron chi connectivity index (χ0n) is 15.0. The van der Waals surface area contributed by atoms with Crippen LogP contribution in [0.1, 0.15) is 41.5 Å². The van der Waals surface area contributed by atoms with Crippen molar-refractivity contribution < 1.29 is 24.0 Å². The van der Waals surface area contributed by atoms with Crippen molar-refractivity contribution in [3.05, 3.63) is 31.9 Å². The third kappa shape index (κ3) is 6.48. The van der Waals surface area contributed by atoms with Gasteiger partial charge in [-0.3, -0.25) is 10.1 Å². The summed E-state index contributed by atoms with van der Waals surface area (Å²) in [6, 6.07) is 4.12. The number of ether oxygens (including phenoxy) is 2. The van der Waals surface area contributed by atoms with E-state index in [2.05, 4.69) is 0 Å². The smallest absolute Gasteiger partial charge is 0.424 e. The Morgan fingerprint density at radius 3 is 1.84 bits per heavy atom. The Balaban J connectivity index is 3.44. The van der Waals surface area contributed by atoms with Crippen molar-refractivity contribution in [2.24, 2.45) is 0 Å². The van der Waals surface area contributed by atoms with Gasteiger partial charge in [-0.1, -0.05) is 0 Å². The van der Waals surface area contributed by atoms with Crippen molar-refractivity contribution in [1.29, 1.82) is 0 Å². The molecule has 0 heterocycles. The van der Waals surface area contributed by atoms with Gasteiger partial charge < -0.3 is 9.47 Å². The molecule has 25 heavy (non-hydrogen) atoms. The van der Waals surface area contributed by atoms with E-state index in [9.17, 15) is 19.7 Å². The molecule has 0 N–H and O–H groups in total. The minimum atomic E-state index is -1.05. The van der Waals surface area contributed by atoms with E-state index >= 15 is 0 Å². The Labute approximate surface area is 159 Å². The maximum absolute atomic E-state index is 12.5. The van der Waals surface area contributed by atoms with Gasteiger partial charge in [0.25, 0.3) is 5.69 Å². The van der Waals surface area contributed by atoms with Crippen molar-refractivity contribution in [1.82, 2.24) is 0 Å². The molecule has 0 unspecified atom stereocenters. The van der Waals surface area contributed by atoms with Crippen LogP contribution in [0.3, 0.4) is 0 Å². The van der Waals surface area contributed by atoms with Crippen molar-refractivity contribution >= 4 is 46.2 Å². The fraction of sp³-hybridized carbons (Fsp3) is 0.500. The molecule has 0 saturated heterocycles. The van der Waals surface area contributed by atoms with Crippen molar-refractivity contribution in [2.75, 3.05) is 4.90 Å². The third-order valence-electron chi connectivity index (χ3n) is 2.53. The summed E-state index contributed by atoms with van der Waals surface area (Å²) in [7, 11) is 0. The predicted molar refractivity (Wildman–Crippen MR) is 101 cm³/mol. The molecule has 0 bridgehead atoms. The lowest BCUT2D eigenvalue weighted by Crippen LogP contribution is -2.44. The summed E-state index contributed by atoms with van der Waals surface area (Å²) in [4.78, 5) is 36.3. The van der Waals surface area contributed by atoms with Gasteiger partial charge in [-0.25, -0.2) is 9.59 Å². The number of nitro benzene ring substituents is 1. The van der Waals surface area contributed by atoms with E-state index in [-0.39, 0.29) is 5.69 Å². The molecule has 0 aliphatic rings. The van der Waals surface area contributed by atoms with E-state index in [0.717, 1.165) is 0 Å². The molecule has 0 spiro atoms. The Morgan fingerprint density at radius 1 is 1.04 bits per heavy atom. The van der Waals surface area contributed by atoms with Crippen molar-refractivity contribution in [3.63, 3.8) is 0 Å². The number of carbonyl (C=O) groups excluding carboxylic acids is 2. The highest BCUT2D eigenvalue weighted by molar-refractivity contribution is 14.1. The number of anilines is 1. The van der Waals surface area contributed by atoms with Crippen molar-refractivity contribution in [2.45, 2.75) is 52.7 Å². The topological polar surface area (TPSA) is 99.0 Å². The highest BCUT2D eigenvalue weighted by Gasteiger charge is 2.36. The van der Waals surface area contributed by atoms with E-state index in [4.69, 9.17) is 9.47 Å². The summed E-state index contributed by atoms with van der Waals surface area (Å²) < 4.78 is 11.0. The number of carbonyl (C=O) groups is 2. The first-order valence-electron chi connectivity index (χ1n) is 7.41. The van der Waals surface area contributed by atoms with Crippen molar-refractivity contribution in [3.8, 4) is 0 Å². The molecule has 2 amide bonds. The van der Waals surface area contributed by atoms with E-state index < -0.39 is 34.0 Å². The number of amides is 2. The fourth-order valence-electron chi connectivity index (χ4n) is 1.72. The average Bonchev–Trinajstić information content (AvgIpc) is 2.36. The van der Waals surface area contributed by atoms with Gasteiger partial charge in [0.15, 0.2) is 0 Å². The molecule has 0 aromatic heterocycles. The number of hydrogen-bond acceptors (Lipinski definition) is 6. The quantitative estimate of drug-likeness (QED) is 0.352. The van der Waals surface area contributed by atoms with Crippen LogP contribution >= 0.6 is 22.6 Å². The molecule has 8 nitrogen and oxygen atoms in total. The summed E-state index contributed by atoms with van der Waals surface area (Å²) >= 11 is 1.90. The highest BCUT2D eigenvalue weighted by Crippen LogP contribution is 2.32. The fourth-order valence-corrected chi connectivity index (χ4v) is 2.19. The van der Waals surface area contributed by atoms with Crippen LogP contribution in [0, 0.1) is 13.7 Å². The molecule has 0 aliphatic heterocycles. The highest BCUT2D eigenvalue weighted by atomic mass is 127. The van der Waals surface area contributed by atoms with Crippen LogP contribution in [0.4, 0.5) is 21.0 Å². The zero-order valence-corrected chi connectivity index (χ0v) is 17.1. The van der Waals surface area contributed by atoms with E-state index in [1.165, 1.54) is 12.1 Å². The molecule has 1 aromatic rings. The molecular weight excluding hydrogens is 443 g/mol. The molecular formula is C16H21IN2O6. The average molecular weight is 464 g/mol. The van der Waals surface area contributed by atoms with Gasteiger partial charge >= 0.3 is 12.2 Å². The molecule has 0 fully saturated rings. The molecule has 0 saturated carbocycles. The van der Waals surface area contributed by atoms with Crippen LogP contribution in [-0.4, -0.2) is 28.3 Å². The molecule has 1 rings (SSSR count). The van der Waals surface area contributed by atoms with E-state index in [0.29, 0.717) is 8.47 Å². The van der Waals surface area contributed by atoms with Crippen LogP contribution in [0.15, 0.2) is 18.2 Å². The lowest BCUT2D eigenvalue weighted by molar-refractivity contribution is -0.384. The maximum atomic E-state index is 12.5. The predicted octanol–water partition coefficient (Wildman–Crippen LogP) is 4.88. The number of nitrogens with zero attached hydrogens (tertiary/aromatic N) is 2. The second-order valence-corrected chi connectivity index (χ2v) is 8.43. The van der Waals surface area contributed by atoms with E-state index in [1.807, 2.05) is 22.6 Å². The molecule has 138 valence electrons. The first-order valence-corrected chi connectivity index (χ1v) is 8.49. The monoisotopic (exact) mass is 464 g/mol. The Kier molecular flexibility index (Phi) is 6.38. The third-order valence-corrected chi connectivity index (χ3v) is 3.20. The molecule has 0 radical (unpaired) electrons. The Morgan fingerprint density at radius 2 is 1.48 bits per heavy atom. The van der Waals surface area contributed by atoms with Crippen LogP contribution in [-0.2, 0) is 9.47 Å². The Bertz CT molecular complexity index is 663. The summed E-state index contributed by atoms with van der Waals surface area (Å²) in [5.74, 6) is 0. The van der Waals surface area contributed by atoms with Crippen LogP contribution in [0.5, 0.6) is 0 Å². The van der Waals surface area contributed by atoms with Gasteiger partial charge in [-0.2, -0.15) is 4.90 Å². The number of halogens is 1. The van der Waals surface area contributed by atoms with Crippen LogP contribution in [0.25, 0.3) is 0 Å². The second-order valence-electron chi connectivity index (χ2n) is 7.19. The van der Waals surface area contributed by atoms with Gasteiger partial charge in [-0.05, 0) is 76.3 Å². The lowest BCUT2D eigenvalue weighted by atomic mass is 10.2. The maximum Gasteiger partial charge on any atom is 0.424 e. The van der Waals surface area contributed by atoms with Gasteiger partial charge in [0, 0.05) is 9.64 Å². The molecule has 0 atom stereocenters. The number of imide groups is 1. The number of hydrogen-bond donors (Lipinski definition) is 0. The first-order chi connectivity index (χ1) is 11.2. The summed E-state index contributed by atoms with van der Waals surface area (Å²) in [6.07, 6.45) is -2.10. The minimum Gasteiger partial charge on any atom is -0.443 e. The Hall–Kier alpha value is -1.91. The zero-order chi connectivity index (χ0) is 19.6. The van der Waals surface area contributed by atoms with Crippen LogP contribution in [0.2, 0.25) is 0 Å². The largest absolute Gasteiger partial charge is 0.443 e. The standard InChI is InChI=1S/C16H21IN2O6/c1-15(2,3)24-13(20)18(14(21)25-16(4,5)6)11-8-7-10(17)9-12(11)19(22)23/h7-9H,1-6H3. The number of benzene rings is 1. The molecule has 9 heteroatoms. The summed E-state index contributed by atoms with van der Waals surface area (Å²) in [6.45, 7) is 9.75.